The molecule has 2 aliphatic rings. The van der Waals surface area contributed by atoms with Crippen molar-refractivity contribution in [3.05, 3.63) is 23.8 Å². The minimum Gasteiger partial charge on any atom is -0.367 e. The average molecular weight is 258 g/mol. The van der Waals surface area contributed by atoms with Crippen LogP contribution < -0.4 is 4.90 Å². The van der Waals surface area contributed by atoms with Gasteiger partial charge in [0.1, 0.15) is 6.07 Å². The molecule has 2 fully saturated rings. The van der Waals surface area contributed by atoms with E-state index in [-0.39, 0.29) is 0 Å². The van der Waals surface area contributed by atoms with E-state index >= 15 is 0 Å². The number of nitrogens with zero attached hydrogens (tertiary/aromatic N) is 2. The Labute approximate surface area is 113 Å². The molecule has 2 nitrogen and oxygen atoms in total. The van der Waals surface area contributed by atoms with Gasteiger partial charge in [-0.15, -0.1) is 11.8 Å². The second kappa shape index (κ2) is 4.85. The number of fused-ring (bicyclic) bond motifs is 2. The van der Waals surface area contributed by atoms with Crippen molar-refractivity contribution in [2.24, 2.45) is 5.92 Å². The van der Waals surface area contributed by atoms with Crippen LogP contribution in [0.5, 0.6) is 0 Å². The van der Waals surface area contributed by atoms with Crippen LogP contribution in [0.25, 0.3) is 0 Å². The van der Waals surface area contributed by atoms with Gasteiger partial charge in [-0.25, -0.2) is 0 Å². The highest BCUT2D eigenvalue weighted by Crippen LogP contribution is 2.42. The molecule has 1 aliphatic heterocycles. The molecule has 0 aromatic heterocycles. The van der Waals surface area contributed by atoms with Crippen molar-refractivity contribution in [1.29, 1.82) is 5.26 Å². The first-order valence-electron chi connectivity index (χ1n) is 6.76. The quantitative estimate of drug-likeness (QED) is 0.774. The third kappa shape index (κ3) is 1.89. The third-order valence-electron chi connectivity index (χ3n) is 4.13. The van der Waals surface area contributed by atoms with Crippen LogP contribution in [-0.4, -0.2) is 18.3 Å². The first-order chi connectivity index (χ1) is 8.83. The summed E-state index contributed by atoms with van der Waals surface area (Å²) in [4.78, 5) is 3.62. The number of hydrogen-bond acceptors (Lipinski definition) is 3. The molecule has 1 saturated heterocycles. The summed E-state index contributed by atoms with van der Waals surface area (Å²) in [5.74, 6) is 1.88. The Hall–Kier alpha value is -1.14. The molecule has 1 aromatic rings. The van der Waals surface area contributed by atoms with E-state index < -0.39 is 0 Å². The molecule has 3 heteroatoms. The highest BCUT2D eigenvalue weighted by atomic mass is 32.2. The van der Waals surface area contributed by atoms with E-state index in [1.807, 2.05) is 0 Å². The van der Waals surface area contributed by atoms with Crippen LogP contribution in [0.4, 0.5) is 5.69 Å². The predicted octanol–water partition coefficient (Wildman–Crippen LogP) is 3.66. The van der Waals surface area contributed by atoms with E-state index in [2.05, 4.69) is 36.1 Å². The van der Waals surface area contributed by atoms with E-state index in [9.17, 15) is 5.26 Å². The van der Waals surface area contributed by atoms with Crippen LogP contribution >= 0.6 is 11.8 Å². The smallest absolute Gasteiger partial charge is 0.103 e. The molecule has 0 radical (unpaired) electrons. The highest BCUT2D eigenvalue weighted by molar-refractivity contribution is 7.99. The van der Waals surface area contributed by atoms with E-state index in [1.165, 1.54) is 24.9 Å². The third-order valence-corrected chi connectivity index (χ3v) is 5.07. The Balaban J connectivity index is 1.97. The predicted molar refractivity (Wildman–Crippen MR) is 76.0 cm³/mol. The molecular weight excluding hydrogens is 240 g/mol. The maximum absolute atomic E-state index is 9.47. The molecule has 2 atom stereocenters. The summed E-state index contributed by atoms with van der Waals surface area (Å²) >= 11 is 1.77. The summed E-state index contributed by atoms with van der Waals surface area (Å²) in [6.07, 6.45) is 4.02. The lowest BCUT2D eigenvalue weighted by Crippen LogP contribution is -2.32. The maximum atomic E-state index is 9.47. The zero-order valence-corrected chi connectivity index (χ0v) is 11.5. The lowest BCUT2D eigenvalue weighted by Gasteiger charge is -2.30. The second-order valence-electron chi connectivity index (χ2n) is 5.18. The summed E-state index contributed by atoms with van der Waals surface area (Å²) in [5.41, 5.74) is 2.06. The fourth-order valence-corrected chi connectivity index (χ4v) is 4.15. The lowest BCUT2D eigenvalue weighted by atomic mass is 10.1. The van der Waals surface area contributed by atoms with Crippen molar-refractivity contribution in [3.8, 4) is 6.07 Å². The fourth-order valence-electron chi connectivity index (χ4n) is 3.37. The van der Waals surface area contributed by atoms with Crippen LogP contribution in [0, 0.1) is 17.2 Å². The van der Waals surface area contributed by atoms with Gasteiger partial charge in [0.25, 0.3) is 0 Å². The average Bonchev–Trinajstić information content (AvgIpc) is 3.01. The Morgan fingerprint density at radius 2 is 2.33 bits per heavy atom. The summed E-state index contributed by atoms with van der Waals surface area (Å²) in [6.45, 7) is 3.29. The Bertz CT molecular complexity index is 492. The van der Waals surface area contributed by atoms with Crippen molar-refractivity contribution >= 4 is 17.4 Å². The minimum absolute atomic E-state index is 0.684. The van der Waals surface area contributed by atoms with Gasteiger partial charge < -0.3 is 4.90 Å². The van der Waals surface area contributed by atoms with Crippen LogP contribution in [-0.2, 0) is 0 Å². The topological polar surface area (TPSA) is 27.0 Å². The van der Waals surface area contributed by atoms with Crippen molar-refractivity contribution in [3.63, 3.8) is 0 Å². The number of thioether (sulfide) groups is 1. The van der Waals surface area contributed by atoms with Gasteiger partial charge in [-0.3, -0.25) is 0 Å². The molecule has 2 bridgehead atoms. The van der Waals surface area contributed by atoms with Crippen molar-refractivity contribution in [1.82, 2.24) is 0 Å². The van der Waals surface area contributed by atoms with Gasteiger partial charge in [0.2, 0.25) is 0 Å². The Morgan fingerprint density at radius 3 is 2.94 bits per heavy atom. The van der Waals surface area contributed by atoms with E-state index in [0.717, 1.165) is 28.7 Å². The van der Waals surface area contributed by atoms with Gasteiger partial charge in [0.05, 0.1) is 11.3 Å². The summed E-state index contributed by atoms with van der Waals surface area (Å²) < 4.78 is 0. The highest BCUT2D eigenvalue weighted by Gasteiger charge is 2.38. The number of anilines is 1. The molecule has 1 heterocycles. The zero-order chi connectivity index (χ0) is 12.5. The second-order valence-corrected chi connectivity index (χ2v) is 6.49. The van der Waals surface area contributed by atoms with E-state index in [1.54, 1.807) is 11.8 Å². The molecule has 1 saturated carbocycles. The van der Waals surface area contributed by atoms with Crippen molar-refractivity contribution < 1.29 is 0 Å². The zero-order valence-electron chi connectivity index (χ0n) is 10.7. The summed E-state index contributed by atoms with van der Waals surface area (Å²) in [6, 6.07) is 9.40. The van der Waals surface area contributed by atoms with Gasteiger partial charge in [0.15, 0.2) is 0 Å². The number of rotatable bonds is 3. The first-order valence-corrected chi connectivity index (χ1v) is 7.74. The first kappa shape index (κ1) is 11.9. The Kier molecular flexibility index (Phi) is 3.22. The van der Waals surface area contributed by atoms with Crippen molar-refractivity contribution in [2.45, 2.75) is 37.1 Å². The number of nitriles is 1. The molecule has 18 heavy (non-hydrogen) atoms. The number of hydrogen-bond donors (Lipinski definition) is 0. The van der Waals surface area contributed by atoms with Gasteiger partial charge in [-0.05, 0) is 43.1 Å². The SMILES string of the molecule is CCSc1cccc(N2CC3CCC2C3)c1C#N. The van der Waals surface area contributed by atoms with Gasteiger partial charge in [-0.1, -0.05) is 13.0 Å². The van der Waals surface area contributed by atoms with Crippen LogP contribution in [0.2, 0.25) is 0 Å². The van der Waals surface area contributed by atoms with Crippen molar-refractivity contribution in [2.75, 3.05) is 17.2 Å². The molecule has 0 amide bonds. The van der Waals surface area contributed by atoms with Gasteiger partial charge >= 0.3 is 0 Å². The number of benzene rings is 1. The molecule has 94 valence electrons. The molecule has 1 aliphatic carbocycles. The van der Waals surface area contributed by atoms with Gasteiger partial charge in [0, 0.05) is 17.5 Å². The van der Waals surface area contributed by atoms with Crippen LogP contribution in [0.15, 0.2) is 23.1 Å². The lowest BCUT2D eigenvalue weighted by molar-refractivity contribution is 0.553. The van der Waals surface area contributed by atoms with E-state index in [4.69, 9.17) is 0 Å². The molecule has 0 spiro atoms. The molecule has 3 rings (SSSR count). The fraction of sp³-hybridized carbons (Fsp3) is 0.533. The largest absolute Gasteiger partial charge is 0.367 e. The van der Waals surface area contributed by atoms with E-state index in [0.29, 0.717) is 6.04 Å². The Morgan fingerprint density at radius 1 is 1.44 bits per heavy atom. The normalized spacial score (nSPS) is 25.4. The summed E-state index contributed by atoms with van der Waals surface area (Å²) in [5, 5.41) is 9.47. The molecular formula is C15H18N2S. The number of piperidine rings is 1. The molecule has 2 unspecified atom stereocenters. The molecule has 0 N–H and O–H groups in total. The molecule has 1 aromatic carbocycles. The minimum atomic E-state index is 0.684. The van der Waals surface area contributed by atoms with Crippen LogP contribution in [0.1, 0.15) is 31.7 Å². The monoisotopic (exact) mass is 258 g/mol. The maximum Gasteiger partial charge on any atom is 0.103 e. The summed E-state index contributed by atoms with van der Waals surface area (Å²) in [7, 11) is 0. The van der Waals surface area contributed by atoms with Crippen LogP contribution in [0.3, 0.4) is 0 Å². The standard InChI is InChI=1S/C15H18N2S/c1-2-18-15-5-3-4-14(13(15)9-16)17-10-11-6-7-12(17)8-11/h3-5,11-12H,2,6-8,10H2,1H3. The van der Waals surface area contributed by atoms with Gasteiger partial charge in [-0.2, -0.15) is 5.26 Å².